The maximum Gasteiger partial charge on any atom is 0.358 e. The number of carbonyl (C=O) groups is 1. The van der Waals surface area contributed by atoms with Gasteiger partial charge in [0.25, 0.3) is 0 Å². The largest absolute Gasteiger partial charge is 0.476 e. The van der Waals surface area contributed by atoms with E-state index < -0.39 is 15.8 Å². The van der Waals surface area contributed by atoms with Crippen LogP contribution in [-0.4, -0.2) is 30.4 Å². The molecule has 0 atom stereocenters. The summed E-state index contributed by atoms with van der Waals surface area (Å²) in [5, 5.41) is 11.8. The van der Waals surface area contributed by atoms with E-state index in [1.165, 1.54) is 0 Å². The van der Waals surface area contributed by atoms with Gasteiger partial charge in [-0.05, 0) is 5.92 Å². The highest BCUT2D eigenvalue weighted by Crippen LogP contribution is 2.11. The fraction of sp³-hybridized carbons (Fsp3) is 0.556. The van der Waals surface area contributed by atoms with Crippen molar-refractivity contribution < 1.29 is 22.8 Å². The topological polar surface area (TPSA) is 97.5 Å². The summed E-state index contributed by atoms with van der Waals surface area (Å²) >= 11 is 0. The van der Waals surface area contributed by atoms with Gasteiger partial charge in [-0.15, -0.1) is 0 Å². The number of rotatable bonds is 5. The highest BCUT2D eigenvalue weighted by molar-refractivity contribution is 7.90. The van der Waals surface area contributed by atoms with Crippen molar-refractivity contribution in [3.8, 4) is 0 Å². The Labute approximate surface area is 93.2 Å². The van der Waals surface area contributed by atoms with E-state index in [9.17, 15) is 13.2 Å². The van der Waals surface area contributed by atoms with E-state index in [1.807, 2.05) is 0 Å². The first-order valence-electron chi connectivity index (χ1n) is 4.69. The first-order chi connectivity index (χ1) is 7.30. The smallest absolute Gasteiger partial charge is 0.358 e. The molecule has 7 heteroatoms. The molecule has 0 aliphatic rings. The molecule has 0 saturated heterocycles. The summed E-state index contributed by atoms with van der Waals surface area (Å²) in [5.41, 5.74) is -0.283. The number of carboxylic acid groups (broad SMARTS) is 1. The fourth-order valence-electron chi connectivity index (χ4n) is 1.27. The number of carboxylic acids is 1. The van der Waals surface area contributed by atoms with Crippen LogP contribution in [0.25, 0.3) is 0 Å². The minimum Gasteiger partial charge on any atom is -0.476 e. The summed E-state index contributed by atoms with van der Waals surface area (Å²) in [4.78, 5) is 10.5. The molecule has 90 valence electrons. The predicted molar refractivity (Wildman–Crippen MR) is 55.8 cm³/mol. The van der Waals surface area contributed by atoms with E-state index in [2.05, 4.69) is 9.68 Å². The van der Waals surface area contributed by atoms with Crippen LogP contribution in [0.4, 0.5) is 0 Å². The Kier molecular flexibility index (Phi) is 3.69. The first kappa shape index (κ1) is 12.7. The van der Waals surface area contributed by atoms with Crippen LogP contribution < -0.4 is 0 Å². The first-order valence-corrected chi connectivity index (χ1v) is 6.51. The average Bonchev–Trinajstić information content (AvgIpc) is 2.48. The molecule has 0 aliphatic heterocycles. The fourth-order valence-corrected chi connectivity index (χ4v) is 2.97. The van der Waals surface area contributed by atoms with Crippen molar-refractivity contribution in [3.05, 3.63) is 17.5 Å². The number of aromatic nitrogens is 1. The summed E-state index contributed by atoms with van der Waals surface area (Å²) in [5.74, 6) is -1.44. The van der Waals surface area contributed by atoms with Crippen LogP contribution in [0.1, 0.15) is 30.1 Å². The lowest BCUT2D eigenvalue weighted by Gasteiger charge is -2.03. The van der Waals surface area contributed by atoms with Gasteiger partial charge in [0.05, 0.1) is 5.75 Å². The molecule has 0 aliphatic carbocycles. The molecule has 1 aromatic rings. The molecule has 0 saturated carbocycles. The van der Waals surface area contributed by atoms with Gasteiger partial charge in [-0.1, -0.05) is 19.0 Å². The Hall–Kier alpha value is -1.37. The molecular weight excluding hydrogens is 234 g/mol. The standard InChI is InChI=1S/C9H13NO5S/c1-6(2)4-16(13,14)5-7-3-8(9(11)12)10-15-7/h3,6H,4-5H2,1-2H3,(H,11,12). The molecule has 0 bridgehead atoms. The third-order valence-corrected chi connectivity index (χ3v) is 3.63. The van der Waals surface area contributed by atoms with Gasteiger partial charge in [-0.2, -0.15) is 0 Å². The lowest BCUT2D eigenvalue weighted by atomic mass is 10.3. The van der Waals surface area contributed by atoms with Gasteiger partial charge in [0.2, 0.25) is 0 Å². The Morgan fingerprint density at radius 3 is 2.62 bits per heavy atom. The Bertz CT molecular complexity index is 474. The van der Waals surface area contributed by atoms with Gasteiger partial charge in [0, 0.05) is 6.07 Å². The minimum atomic E-state index is -3.27. The second-order valence-corrected chi connectivity index (χ2v) is 6.04. The lowest BCUT2D eigenvalue weighted by Crippen LogP contribution is -2.13. The molecule has 6 nitrogen and oxygen atoms in total. The number of sulfone groups is 1. The van der Waals surface area contributed by atoms with E-state index in [1.54, 1.807) is 13.8 Å². The molecule has 1 N–H and O–H groups in total. The summed E-state index contributed by atoms with van der Waals surface area (Å²) < 4.78 is 27.7. The van der Waals surface area contributed by atoms with Crippen molar-refractivity contribution in [3.63, 3.8) is 0 Å². The van der Waals surface area contributed by atoms with Crippen molar-refractivity contribution in [2.45, 2.75) is 19.6 Å². The Morgan fingerprint density at radius 1 is 1.56 bits per heavy atom. The summed E-state index contributed by atoms with van der Waals surface area (Å²) in [6.07, 6.45) is 0. The van der Waals surface area contributed by atoms with E-state index in [4.69, 9.17) is 5.11 Å². The molecule has 1 rings (SSSR count). The molecule has 16 heavy (non-hydrogen) atoms. The SMILES string of the molecule is CC(C)CS(=O)(=O)Cc1cc(C(=O)O)no1. The quantitative estimate of drug-likeness (QED) is 0.831. The van der Waals surface area contributed by atoms with Crippen LogP contribution in [-0.2, 0) is 15.6 Å². The highest BCUT2D eigenvalue weighted by atomic mass is 32.2. The molecule has 0 amide bonds. The molecule has 0 unspecified atom stereocenters. The molecule has 0 spiro atoms. The Balaban J connectivity index is 2.77. The molecular formula is C9H13NO5S. The molecule has 0 fully saturated rings. The van der Waals surface area contributed by atoms with Crippen molar-refractivity contribution in [1.82, 2.24) is 5.16 Å². The van der Waals surface area contributed by atoms with Crippen molar-refractivity contribution >= 4 is 15.8 Å². The van der Waals surface area contributed by atoms with Gasteiger partial charge in [-0.3, -0.25) is 0 Å². The summed E-state index contributed by atoms with van der Waals surface area (Å²) in [6, 6.07) is 1.13. The van der Waals surface area contributed by atoms with E-state index in [-0.39, 0.29) is 28.9 Å². The number of aromatic carboxylic acids is 1. The van der Waals surface area contributed by atoms with Crippen LogP contribution in [0.2, 0.25) is 0 Å². The Morgan fingerprint density at radius 2 is 2.19 bits per heavy atom. The summed E-state index contributed by atoms with van der Waals surface area (Å²) in [6.45, 7) is 3.58. The van der Waals surface area contributed by atoms with Gasteiger partial charge in [-0.25, -0.2) is 13.2 Å². The van der Waals surface area contributed by atoms with Crippen LogP contribution in [0.5, 0.6) is 0 Å². The van der Waals surface area contributed by atoms with E-state index in [0.717, 1.165) is 6.07 Å². The van der Waals surface area contributed by atoms with Gasteiger partial charge < -0.3 is 9.63 Å². The molecule has 0 aromatic carbocycles. The maximum atomic E-state index is 11.6. The van der Waals surface area contributed by atoms with Crippen LogP contribution in [0, 0.1) is 5.92 Å². The third-order valence-electron chi connectivity index (χ3n) is 1.73. The highest BCUT2D eigenvalue weighted by Gasteiger charge is 2.19. The van der Waals surface area contributed by atoms with E-state index >= 15 is 0 Å². The monoisotopic (exact) mass is 247 g/mol. The van der Waals surface area contributed by atoms with Crippen molar-refractivity contribution in [2.24, 2.45) is 5.92 Å². The van der Waals surface area contributed by atoms with Crippen LogP contribution in [0.15, 0.2) is 10.6 Å². The number of hydrogen-bond donors (Lipinski definition) is 1. The summed E-state index contributed by atoms with van der Waals surface area (Å²) in [7, 11) is -3.27. The van der Waals surface area contributed by atoms with Gasteiger partial charge >= 0.3 is 5.97 Å². The van der Waals surface area contributed by atoms with Gasteiger partial charge in [0.1, 0.15) is 5.75 Å². The number of nitrogens with zero attached hydrogens (tertiary/aromatic N) is 1. The molecule has 0 radical (unpaired) electrons. The zero-order valence-corrected chi connectivity index (χ0v) is 9.82. The lowest BCUT2D eigenvalue weighted by molar-refractivity contribution is 0.0685. The predicted octanol–water partition coefficient (Wildman–Crippen LogP) is 0.944. The zero-order chi connectivity index (χ0) is 12.3. The van der Waals surface area contributed by atoms with E-state index in [0.29, 0.717) is 0 Å². The second kappa shape index (κ2) is 4.65. The molecule has 1 aromatic heterocycles. The van der Waals surface area contributed by atoms with Crippen molar-refractivity contribution in [1.29, 1.82) is 0 Å². The van der Waals surface area contributed by atoms with Crippen LogP contribution in [0.3, 0.4) is 0 Å². The minimum absolute atomic E-state index is 0.0202. The second-order valence-electron chi connectivity index (χ2n) is 3.93. The maximum absolute atomic E-state index is 11.6. The normalized spacial score (nSPS) is 11.9. The average molecular weight is 247 g/mol. The molecule has 1 heterocycles. The van der Waals surface area contributed by atoms with Crippen LogP contribution >= 0.6 is 0 Å². The third kappa shape index (κ3) is 3.65. The van der Waals surface area contributed by atoms with Crippen molar-refractivity contribution in [2.75, 3.05) is 5.75 Å². The number of hydrogen-bond acceptors (Lipinski definition) is 5. The zero-order valence-electron chi connectivity index (χ0n) is 9.00. The van der Waals surface area contributed by atoms with Gasteiger partial charge in [0.15, 0.2) is 21.3 Å².